The number of methoxy groups -OCH3 is 1. The number of carboxylic acid groups (broad SMARTS) is 1. The molecule has 5 nitrogen and oxygen atoms in total. The monoisotopic (exact) mass is 308 g/mol. The third-order valence-electron chi connectivity index (χ3n) is 3.74. The molecule has 0 atom stereocenters. The summed E-state index contributed by atoms with van der Waals surface area (Å²) in [7, 11) is 1.62. The van der Waals surface area contributed by atoms with Crippen LogP contribution >= 0.6 is 0 Å². The van der Waals surface area contributed by atoms with Gasteiger partial charge in [0.15, 0.2) is 0 Å². The van der Waals surface area contributed by atoms with Gasteiger partial charge in [0.1, 0.15) is 11.4 Å². The number of hydrogen-bond acceptors (Lipinski definition) is 3. The van der Waals surface area contributed by atoms with Crippen molar-refractivity contribution in [3.8, 4) is 5.75 Å². The van der Waals surface area contributed by atoms with Gasteiger partial charge in [-0.3, -0.25) is 0 Å². The molecule has 0 aliphatic rings. The van der Waals surface area contributed by atoms with Crippen molar-refractivity contribution in [1.29, 1.82) is 0 Å². The van der Waals surface area contributed by atoms with Gasteiger partial charge in [0.2, 0.25) is 0 Å². The number of H-pyrrole nitrogens is 1. The Kier molecular flexibility index (Phi) is 3.85. The van der Waals surface area contributed by atoms with Crippen LogP contribution in [0.3, 0.4) is 0 Å². The molecular formula is C18H16N2O3. The number of aromatic carboxylic acids is 1. The summed E-state index contributed by atoms with van der Waals surface area (Å²) in [5, 5.41) is 10.0. The maximum atomic E-state index is 11.1. The fraction of sp³-hybridized carbons (Fsp3) is 0.111. The molecule has 0 fully saturated rings. The molecule has 3 aromatic rings. The summed E-state index contributed by atoms with van der Waals surface area (Å²) in [5.74, 6) is -0.202. The first kappa shape index (κ1) is 14.8. The second kappa shape index (κ2) is 5.96. The molecule has 0 aliphatic heterocycles. The van der Waals surface area contributed by atoms with Crippen LogP contribution in [-0.4, -0.2) is 28.2 Å². The molecule has 3 rings (SSSR count). The van der Waals surface area contributed by atoms with E-state index in [2.05, 4.69) is 9.97 Å². The van der Waals surface area contributed by atoms with Crippen LogP contribution in [0.4, 0.5) is 0 Å². The predicted octanol–water partition coefficient (Wildman–Crippen LogP) is 3.75. The molecule has 2 N–H and O–H groups in total. The smallest absolute Gasteiger partial charge is 0.335 e. The first-order chi connectivity index (χ1) is 11.1. The Morgan fingerprint density at radius 1 is 1.26 bits per heavy atom. The normalized spacial score (nSPS) is 11.2. The summed E-state index contributed by atoms with van der Waals surface area (Å²) in [6.07, 6.45) is 7.30. The number of hydrogen-bond donors (Lipinski definition) is 2. The van der Waals surface area contributed by atoms with E-state index < -0.39 is 5.97 Å². The predicted molar refractivity (Wildman–Crippen MR) is 89.7 cm³/mol. The summed E-state index contributed by atoms with van der Waals surface area (Å²) in [6.45, 7) is 1.94. The Morgan fingerprint density at radius 2 is 2.04 bits per heavy atom. The van der Waals surface area contributed by atoms with Crippen molar-refractivity contribution in [2.45, 2.75) is 6.92 Å². The maximum absolute atomic E-state index is 11.1. The Balaban J connectivity index is 2.03. The summed E-state index contributed by atoms with van der Waals surface area (Å²) in [6, 6.07) is 6.97. The highest BCUT2D eigenvalue weighted by Crippen LogP contribution is 2.29. The molecule has 0 aliphatic carbocycles. The van der Waals surface area contributed by atoms with E-state index in [0.717, 1.165) is 33.5 Å². The van der Waals surface area contributed by atoms with Gasteiger partial charge in [-0.15, -0.1) is 0 Å². The number of aromatic amines is 1. The number of benzene rings is 1. The first-order valence-corrected chi connectivity index (χ1v) is 7.12. The number of ether oxygens (including phenoxy) is 1. The molecule has 2 aromatic heterocycles. The van der Waals surface area contributed by atoms with Gasteiger partial charge in [-0.2, -0.15) is 0 Å². The minimum absolute atomic E-state index is 0.265. The molecule has 0 unspecified atom stereocenters. The zero-order valence-electron chi connectivity index (χ0n) is 12.8. The first-order valence-electron chi connectivity index (χ1n) is 7.12. The van der Waals surface area contributed by atoms with Crippen LogP contribution in [0.5, 0.6) is 5.75 Å². The van der Waals surface area contributed by atoms with E-state index >= 15 is 0 Å². The Bertz CT molecular complexity index is 910. The number of fused-ring (bicyclic) bond motifs is 1. The number of pyridine rings is 1. The largest absolute Gasteiger partial charge is 0.495 e. The molecule has 0 amide bonds. The van der Waals surface area contributed by atoms with E-state index in [4.69, 9.17) is 9.84 Å². The van der Waals surface area contributed by atoms with Crippen molar-refractivity contribution < 1.29 is 14.6 Å². The topological polar surface area (TPSA) is 75.2 Å². The van der Waals surface area contributed by atoms with Crippen molar-refractivity contribution in [3.63, 3.8) is 0 Å². The SMILES string of the molecule is COc1c(C=Cc2cc(C(=O)O)ccc2C)cnc2[nH]ccc12. The molecule has 1 aromatic carbocycles. The lowest BCUT2D eigenvalue weighted by Gasteiger charge is -2.06. The van der Waals surface area contributed by atoms with Gasteiger partial charge in [0, 0.05) is 18.0 Å². The van der Waals surface area contributed by atoms with Crippen molar-refractivity contribution in [3.05, 3.63) is 58.9 Å². The zero-order chi connectivity index (χ0) is 16.4. The summed E-state index contributed by atoms with van der Waals surface area (Å²) in [4.78, 5) is 18.5. The Morgan fingerprint density at radius 3 is 2.78 bits per heavy atom. The van der Waals surface area contributed by atoms with Gasteiger partial charge in [-0.1, -0.05) is 12.1 Å². The van der Waals surface area contributed by atoms with Gasteiger partial charge >= 0.3 is 5.97 Å². The average molecular weight is 308 g/mol. The fourth-order valence-electron chi connectivity index (χ4n) is 2.48. The summed E-state index contributed by atoms with van der Waals surface area (Å²) >= 11 is 0. The number of carbonyl (C=O) groups is 1. The van der Waals surface area contributed by atoms with Crippen molar-refractivity contribution in [2.75, 3.05) is 7.11 Å². The average Bonchev–Trinajstić information content (AvgIpc) is 3.01. The maximum Gasteiger partial charge on any atom is 0.335 e. The number of carboxylic acids is 1. The number of nitrogens with one attached hydrogen (secondary N) is 1. The number of nitrogens with zero attached hydrogens (tertiary/aromatic N) is 1. The third-order valence-corrected chi connectivity index (χ3v) is 3.74. The highest BCUT2D eigenvalue weighted by atomic mass is 16.5. The quantitative estimate of drug-likeness (QED) is 0.769. The van der Waals surface area contributed by atoms with Crippen molar-refractivity contribution in [2.24, 2.45) is 0 Å². The van der Waals surface area contributed by atoms with Crippen LogP contribution in [0.2, 0.25) is 0 Å². The van der Waals surface area contributed by atoms with Crippen molar-refractivity contribution in [1.82, 2.24) is 9.97 Å². The summed E-state index contributed by atoms with van der Waals surface area (Å²) < 4.78 is 5.49. The van der Waals surface area contributed by atoms with Crippen LogP contribution in [0.1, 0.15) is 27.0 Å². The van der Waals surface area contributed by atoms with Crippen LogP contribution < -0.4 is 4.74 Å². The van der Waals surface area contributed by atoms with Gasteiger partial charge in [0.05, 0.1) is 18.1 Å². The van der Waals surface area contributed by atoms with Crippen LogP contribution in [0.25, 0.3) is 23.2 Å². The standard InChI is InChI=1S/C18H16N2O3/c1-11-3-4-13(18(21)22)9-12(11)5-6-14-10-20-17-15(7-8-19-17)16(14)23-2/h3-10H,1-2H3,(H,19,20)(H,21,22). The van der Waals surface area contributed by atoms with E-state index in [-0.39, 0.29) is 5.56 Å². The van der Waals surface area contributed by atoms with Crippen LogP contribution in [0, 0.1) is 6.92 Å². The molecule has 0 bridgehead atoms. The molecule has 0 saturated heterocycles. The van der Waals surface area contributed by atoms with E-state index in [0.29, 0.717) is 0 Å². The van der Waals surface area contributed by atoms with E-state index in [9.17, 15) is 4.79 Å². The number of aromatic nitrogens is 2. The lowest BCUT2D eigenvalue weighted by molar-refractivity contribution is 0.0697. The van der Waals surface area contributed by atoms with E-state index in [1.54, 1.807) is 31.5 Å². The Hall–Kier alpha value is -3.08. The zero-order valence-corrected chi connectivity index (χ0v) is 12.8. The van der Waals surface area contributed by atoms with Gasteiger partial charge in [-0.25, -0.2) is 9.78 Å². The fourth-order valence-corrected chi connectivity index (χ4v) is 2.48. The second-order valence-electron chi connectivity index (χ2n) is 5.20. The molecule has 0 saturated carbocycles. The second-order valence-corrected chi connectivity index (χ2v) is 5.20. The third kappa shape index (κ3) is 2.81. The van der Waals surface area contributed by atoms with Gasteiger partial charge in [0.25, 0.3) is 0 Å². The number of aryl methyl sites for hydroxylation is 1. The summed E-state index contributed by atoms with van der Waals surface area (Å²) in [5.41, 5.74) is 3.71. The van der Waals surface area contributed by atoms with Crippen LogP contribution in [0.15, 0.2) is 36.7 Å². The minimum Gasteiger partial charge on any atom is -0.495 e. The van der Waals surface area contributed by atoms with E-state index in [1.165, 1.54) is 0 Å². The highest BCUT2D eigenvalue weighted by Gasteiger charge is 2.09. The molecule has 0 radical (unpaired) electrons. The van der Waals surface area contributed by atoms with E-state index in [1.807, 2.05) is 31.3 Å². The van der Waals surface area contributed by atoms with Gasteiger partial charge < -0.3 is 14.8 Å². The lowest BCUT2D eigenvalue weighted by atomic mass is 10.0. The molecule has 2 heterocycles. The van der Waals surface area contributed by atoms with Crippen LogP contribution in [-0.2, 0) is 0 Å². The molecule has 23 heavy (non-hydrogen) atoms. The molecule has 0 spiro atoms. The van der Waals surface area contributed by atoms with Crippen molar-refractivity contribution >= 4 is 29.2 Å². The lowest BCUT2D eigenvalue weighted by Crippen LogP contribution is -1.97. The number of rotatable bonds is 4. The van der Waals surface area contributed by atoms with Gasteiger partial charge in [-0.05, 0) is 42.3 Å². The highest BCUT2D eigenvalue weighted by molar-refractivity contribution is 5.90. The Labute approximate surface area is 133 Å². The molecule has 5 heteroatoms. The molecule has 116 valence electrons. The minimum atomic E-state index is -0.937. The molecular weight excluding hydrogens is 292 g/mol.